The van der Waals surface area contributed by atoms with Crippen molar-refractivity contribution >= 4 is 11.8 Å². The summed E-state index contributed by atoms with van der Waals surface area (Å²) in [4.78, 5) is 23.0. The first kappa shape index (κ1) is 15.5. The molecule has 21 heavy (non-hydrogen) atoms. The van der Waals surface area contributed by atoms with Crippen LogP contribution in [0.15, 0.2) is 24.3 Å². The number of nitrogens with one attached hydrogen (secondary N) is 2. The Morgan fingerprint density at radius 1 is 1.19 bits per heavy atom. The van der Waals surface area contributed by atoms with Gasteiger partial charge in [0, 0.05) is 20.0 Å². The van der Waals surface area contributed by atoms with E-state index in [0.29, 0.717) is 25.4 Å². The molecule has 4 nitrogen and oxygen atoms in total. The van der Waals surface area contributed by atoms with Gasteiger partial charge in [-0.15, -0.1) is 0 Å². The molecule has 2 rings (SSSR count). The van der Waals surface area contributed by atoms with Crippen LogP contribution in [0, 0.1) is 11.7 Å². The third kappa shape index (κ3) is 4.85. The molecule has 0 bridgehead atoms. The molecule has 1 aromatic carbocycles. The normalized spacial score (nSPS) is 15.3. The van der Waals surface area contributed by atoms with Gasteiger partial charge >= 0.3 is 0 Å². The second kappa shape index (κ2) is 7.20. The van der Waals surface area contributed by atoms with Crippen LogP contribution in [0.5, 0.6) is 0 Å². The Kier molecular flexibility index (Phi) is 5.31. The third-order valence-corrected chi connectivity index (χ3v) is 3.63. The largest absolute Gasteiger partial charge is 0.356 e. The SMILES string of the molecule is CC(=O)NCCCNC(=O)C(c1ccc(F)cc1)C1CC1. The standard InChI is InChI=1S/C16H21FN2O2/c1-11(20)18-9-2-10-19-16(21)15(12-3-4-12)13-5-7-14(17)8-6-13/h5-8,12,15H,2-4,9-10H2,1H3,(H,18,20)(H,19,21). The van der Waals surface area contributed by atoms with E-state index >= 15 is 0 Å². The highest BCUT2D eigenvalue weighted by Crippen LogP contribution is 2.42. The zero-order chi connectivity index (χ0) is 15.2. The summed E-state index contributed by atoms with van der Waals surface area (Å²) in [6, 6.07) is 6.17. The van der Waals surface area contributed by atoms with Crippen molar-refractivity contribution in [2.24, 2.45) is 5.92 Å². The Labute approximate surface area is 124 Å². The van der Waals surface area contributed by atoms with Crippen LogP contribution in [0.2, 0.25) is 0 Å². The van der Waals surface area contributed by atoms with E-state index in [9.17, 15) is 14.0 Å². The Morgan fingerprint density at radius 2 is 1.81 bits per heavy atom. The van der Waals surface area contributed by atoms with Gasteiger partial charge in [-0.05, 0) is 42.9 Å². The first-order chi connectivity index (χ1) is 10.1. The fourth-order valence-corrected chi connectivity index (χ4v) is 2.41. The molecule has 2 amide bonds. The molecule has 5 heteroatoms. The molecule has 0 aromatic heterocycles. The third-order valence-electron chi connectivity index (χ3n) is 3.63. The molecular weight excluding hydrogens is 271 g/mol. The summed E-state index contributed by atoms with van der Waals surface area (Å²) >= 11 is 0. The lowest BCUT2D eigenvalue weighted by atomic mass is 9.93. The Morgan fingerprint density at radius 3 is 2.38 bits per heavy atom. The van der Waals surface area contributed by atoms with E-state index in [1.807, 2.05) is 0 Å². The second-order valence-electron chi connectivity index (χ2n) is 5.49. The number of amides is 2. The van der Waals surface area contributed by atoms with E-state index in [1.165, 1.54) is 19.1 Å². The highest BCUT2D eigenvalue weighted by molar-refractivity contribution is 5.84. The monoisotopic (exact) mass is 292 g/mol. The summed E-state index contributed by atoms with van der Waals surface area (Å²) in [5, 5.41) is 5.60. The molecule has 1 unspecified atom stereocenters. The molecule has 1 fully saturated rings. The summed E-state index contributed by atoms with van der Waals surface area (Å²) in [6.07, 6.45) is 2.79. The summed E-state index contributed by atoms with van der Waals surface area (Å²) in [5.41, 5.74) is 0.873. The van der Waals surface area contributed by atoms with Gasteiger partial charge in [-0.2, -0.15) is 0 Å². The molecule has 0 aliphatic heterocycles. The average molecular weight is 292 g/mol. The van der Waals surface area contributed by atoms with E-state index in [4.69, 9.17) is 0 Å². The first-order valence-electron chi connectivity index (χ1n) is 7.35. The summed E-state index contributed by atoms with van der Waals surface area (Å²) in [7, 11) is 0. The van der Waals surface area contributed by atoms with Gasteiger partial charge in [0.05, 0.1) is 5.92 Å². The number of halogens is 1. The maximum atomic E-state index is 13.0. The van der Waals surface area contributed by atoms with Crippen LogP contribution in [-0.2, 0) is 9.59 Å². The van der Waals surface area contributed by atoms with Crippen molar-refractivity contribution < 1.29 is 14.0 Å². The molecule has 1 saturated carbocycles. The molecule has 114 valence electrons. The summed E-state index contributed by atoms with van der Waals surface area (Å²) < 4.78 is 13.0. The first-order valence-corrected chi connectivity index (χ1v) is 7.35. The van der Waals surface area contributed by atoms with Crippen LogP contribution < -0.4 is 10.6 Å². The Hall–Kier alpha value is -1.91. The lowest BCUT2D eigenvalue weighted by molar-refractivity contribution is -0.123. The van der Waals surface area contributed by atoms with Crippen LogP contribution >= 0.6 is 0 Å². The topological polar surface area (TPSA) is 58.2 Å². The minimum Gasteiger partial charge on any atom is -0.356 e. The van der Waals surface area contributed by atoms with Gasteiger partial charge in [0.2, 0.25) is 11.8 Å². The van der Waals surface area contributed by atoms with Crippen LogP contribution in [0.1, 0.15) is 37.7 Å². The van der Waals surface area contributed by atoms with Crippen molar-refractivity contribution in [2.45, 2.75) is 32.1 Å². The smallest absolute Gasteiger partial charge is 0.227 e. The van der Waals surface area contributed by atoms with E-state index in [0.717, 1.165) is 18.4 Å². The number of benzene rings is 1. The number of carbonyl (C=O) groups is 2. The zero-order valence-electron chi connectivity index (χ0n) is 12.2. The molecule has 0 spiro atoms. The number of hydrogen-bond donors (Lipinski definition) is 2. The Balaban J connectivity index is 1.85. The molecule has 1 aliphatic carbocycles. The van der Waals surface area contributed by atoms with Crippen LogP contribution in [0.25, 0.3) is 0 Å². The fraction of sp³-hybridized carbons (Fsp3) is 0.500. The predicted molar refractivity (Wildman–Crippen MR) is 78.2 cm³/mol. The molecular formula is C16H21FN2O2. The minimum atomic E-state index is -0.288. The minimum absolute atomic E-state index is 0.00747. The quantitative estimate of drug-likeness (QED) is 0.755. The lowest BCUT2D eigenvalue weighted by Gasteiger charge is -2.16. The predicted octanol–water partition coefficient (Wildman–Crippen LogP) is 1.96. The van der Waals surface area contributed by atoms with Crippen molar-refractivity contribution in [3.8, 4) is 0 Å². The van der Waals surface area contributed by atoms with E-state index in [2.05, 4.69) is 10.6 Å². The van der Waals surface area contributed by atoms with Crippen molar-refractivity contribution in [3.05, 3.63) is 35.6 Å². The molecule has 2 N–H and O–H groups in total. The van der Waals surface area contributed by atoms with Gasteiger partial charge in [0.15, 0.2) is 0 Å². The van der Waals surface area contributed by atoms with Crippen molar-refractivity contribution in [1.82, 2.24) is 10.6 Å². The molecule has 0 radical (unpaired) electrons. The molecule has 1 aromatic rings. The van der Waals surface area contributed by atoms with Crippen molar-refractivity contribution in [3.63, 3.8) is 0 Å². The highest BCUT2D eigenvalue weighted by atomic mass is 19.1. The number of rotatable bonds is 7. The highest BCUT2D eigenvalue weighted by Gasteiger charge is 2.37. The molecule has 0 saturated heterocycles. The fourth-order valence-electron chi connectivity index (χ4n) is 2.41. The summed E-state index contributed by atoms with van der Waals surface area (Å²) in [5.74, 6) is -0.184. The van der Waals surface area contributed by atoms with Gasteiger partial charge < -0.3 is 10.6 Å². The summed E-state index contributed by atoms with van der Waals surface area (Å²) in [6.45, 7) is 2.56. The van der Waals surface area contributed by atoms with E-state index < -0.39 is 0 Å². The maximum absolute atomic E-state index is 13.0. The van der Waals surface area contributed by atoms with Gasteiger partial charge in [-0.1, -0.05) is 12.1 Å². The molecule has 0 heterocycles. The molecule has 1 aliphatic rings. The Bertz CT molecular complexity index is 498. The van der Waals surface area contributed by atoms with E-state index in [1.54, 1.807) is 12.1 Å². The number of hydrogen-bond acceptors (Lipinski definition) is 2. The maximum Gasteiger partial charge on any atom is 0.227 e. The second-order valence-corrected chi connectivity index (χ2v) is 5.49. The van der Waals surface area contributed by atoms with Crippen molar-refractivity contribution in [2.75, 3.05) is 13.1 Å². The molecule has 1 atom stereocenters. The zero-order valence-corrected chi connectivity index (χ0v) is 12.2. The lowest BCUT2D eigenvalue weighted by Crippen LogP contribution is -2.33. The van der Waals surface area contributed by atoms with Crippen LogP contribution in [0.4, 0.5) is 4.39 Å². The van der Waals surface area contributed by atoms with E-state index in [-0.39, 0.29) is 23.5 Å². The van der Waals surface area contributed by atoms with Gasteiger partial charge in [0.25, 0.3) is 0 Å². The van der Waals surface area contributed by atoms with Gasteiger partial charge in [0.1, 0.15) is 5.82 Å². The van der Waals surface area contributed by atoms with Crippen molar-refractivity contribution in [1.29, 1.82) is 0 Å². The van der Waals surface area contributed by atoms with Crippen LogP contribution in [0.3, 0.4) is 0 Å². The van der Waals surface area contributed by atoms with Gasteiger partial charge in [-0.25, -0.2) is 4.39 Å². The number of carbonyl (C=O) groups excluding carboxylic acids is 2. The van der Waals surface area contributed by atoms with Crippen LogP contribution in [-0.4, -0.2) is 24.9 Å². The van der Waals surface area contributed by atoms with Gasteiger partial charge in [-0.3, -0.25) is 9.59 Å². The average Bonchev–Trinajstić information content (AvgIpc) is 3.25.